The summed E-state index contributed by atoms with van der Waals surface area (Å²) in [5, 5.41) is 0. The van der Waals surface area contributed by atoms with Gasteiger partial charge in [-0.05, 0) is 19.3 Å². The number of carbonyl (C=O) groups is 1. The summed E-state index contributed by atoms with van der Waals surface area (Å²) in [6.07, 6.45) is 3.30. The molecule has 5 nitrogen and oxygen atoms in total. The first-order valence-corrected chi connectivity index (χ1v) is 6.88. The van der Waals surface area contributed by atoms with Crippen molar-refractivity contribution in [1.29, 1.82) is 0 Å². The molecule has 5 heteroatoms. The third kappa shape index (κ3) is 2.27. The summed E-state index contributed by atoms with van der Waals surface area (Å²) in [5.74, 6) is 0.102. The molecular weight excluding hydrogens is 232 g/mol. The van der Waals surface area contributed by atoms with Gasteiger partial charge >= 0.3 is 0 Å². The van der Waals surface area contributed by atoms with Crippen molar-refractivity contribution in [3.8, 4) is 0 Å². The zero-order valence-electron chi connectivity index (χ0n) is 11.1. The number of amides is 1. The number of likely N-dealkylation sites (tertiary alicyclic amines) is 1. The lowest BCUT2D eigenvalue weighted by Crippen LogP contribution is -2.55. The van der Waals surface area contributed by atoms with Crippen molar-refractivity contribution >= 4 is 5.91 Å². The number of likely N-dealkylation sites (N-methyl/N-ethyl adjacent to an activating group) is 1. The first-order valence-electron chi connectivity index (χ1n) is 6.88. The maximum Gasteiger partial charge on any atom is 0.248 e. The Morgan fingerprint density at radius 2 is 2.06 bits per heavy atom. The van der Waals surface area contributed by atoms with Gasteiger partial charge in [-0.1, -0.05) is 0 Å². The first kappa shape index (κ1) is 12.4. The van der Waals surface area contributed by atoms with Crippen molar-refractivity contribution in [2.75, 3.05) is 46.5 Å². The standard InChI is InChI=1S/C13H22N2O3/c1-14-9-13(18-8-12(14)16)4-5-15(10-13)11-2-6-17-7-3-11/h11H,2-10H2,1H3. The maximum atomic E-state index is 11.5. The Morgan fingerprint density at radius 3 is 2.78 bits per heavy atom. The molecule has 0 aliphatic carbocycles. The summed E-state index contributed by atoms with van der Waals surface area (Å²) in [7, 11) is 1.88. The van der Waals surface area contributed by atoms with Gasteiger partial charge in [-0.3, -0.25) is 9.69 Å². The van der Waals surface area contributed by atoms with E-state index in [4.69, 9.17) is 9.47 Å². The number of morpholine rings is 1. The summed E-state index contributed by atoms with van der Waals surface area (Å²) in [6.45, 7) is 4.81. The molecule has 0 radical (unpaired) electrons. The van der Waals surface area contributed by atoms with Crippen LogP contribution in [-0.2, 0) is 14.3 Å². The van der Waals surface area contributed by atoms with Crippen LogP contribution in [0.2, 0.25) is 0 Å². The summed E-state index contributed by atoms with van der Waals surface area (Å²) in [6, 6.07) is 0.643. The topological polar surface area (TPSA) is 42.0 Å². The average molecular weight is 254 g/mol. The van der Waals surface area contributed by atoms with Gasteiger partial charge in [0.15, 0.2) is 0 Å². The van der Waals surface area contributed by atoms with E-state index in [-0.39, 0.29) is 18.1 Å². The first-order chi connectivity index (χ1) is 8.69. The molecule has 18 heavy (non-hydrogen) atoms. The van der Waals surface area contributed by atoms with Crippen LogP contribution in [0.4, 0.5) is 0 Å². The second kappa shape index (κ2) is 4.79. The Hall–Kier alpha value is -0.650. The molecular formula is C13H22N2O3. The number of hydrogen-bond donors (Lipinski definition) is 0. The molecule has 1 spiro atoms. The molecule has 1 amide bonds. The highest BCUT2D eigenvalue weighted by Gasteiger charge is 2.45. The number of rotatable bonds is 1. The lowest BCUT2D eigenvalue weighted by molar-refractivity contribution is -0.159. The number of hydrogen-bond acceptors (Lipinski definition) is 4. The Balaban J connectivity index is 1.61. The van der Waals surface area contributed by atoms with Crippen LogP contribution in [0.25, 0.3) is 0 Å². The molecule has 0 N–H and O–H groups in total. The van der Waals surface area contributed by atoms with Gasteiger partial charge < -0.3 is 14.4 Å². The molecule has 3 heterocycles. The molecule has 3 saturated heterocycles. The molecule has 102 valence electrons. The van der Waals surface area contributed by atoms with Gasteiger partial charge in [-0.2, -0.15) is 0 Å². The summed E-state index contributed by atoms with van der Waals surface area (Å²) in [5.41, 5.74) is -0.110. The van der Waals surface area contributed by atoms with Gasteiger partial charge in [0.2, 0.25) is 5.91 Å². The fourth-order valence-electron chi connectivity index (χ4n) is 3.38. The van der Waals surface area contributed by atoms with E-state index in [2.05, 4.69) is 4.90 Å². The van der Waals surface area contributed by atoms with Crippen LogP contribution in [0.15, 0.2) is 0 Å². The third-order valence-electron chi connectivity index (χ3n) is 4.51. The van der Waals surface area contributed by atoms with Crippen molar-refractivity contribution in [1.82, 2.24) is 9.80 Å². The van der Waals surface area contributed by atoms with E-state index in [1.807, 2.05) is 11.9 Å². The minimum atomic E-state index is -0.110. The number of ether oxygens (including phenoxy) is 2. The van der Waals surface area contributed by atoms with E-state index >= 15 is 0 Å². The fraction of sp³-hybridized carbons (Fsp3) is 0.923. The lowest BCUT2D eigenvalue weighted by Gasteiger charge is -2.39. The Bertz CT molecular complexity index is 330. The second-order valence-corrected chi connectivity index (χ2v) is 5.79. The largest absolute Gasteiger partial charge is 0.381 e. The van der Waals surface area contributed by atoms with Gasteiger partial charge in [0, 0.05) is 39.4 Å². The second-order valence-electron chi connectivity index (χ2n) is 5.79. The average Bonchev–Trinajstić information content (AvgIpc) is 2.80. The van der Waals surface area contributed by atoms with E-state index in [0.717, 1.165) is 52.1 Å². The van der Waals surface area contributed by atoms with Crippen LogP contribution < -0.4 is 0 Å². The van der Waals surface area contributed by atoms with Crippen LogP contribution in [0.5, 0.6) is 0 Å². The highest BCUT2D eigenvalue weighted by atomic mass is 16.5. The molecule has 1 unspecified atom stereocenters. The zero-order valence-corrected chi connectivity index (χ0v) is 11.1. The molecule has 0 saturated carbocycles. The molecule has 0 bridgehead atoms. The number of carbonyl (C=O) groups excluding carboxylic acids is 1. The van der Waals surface area contributed by atoms with E-state index in [1.165, 1.54) is 0 Å². The summed E-state index contributed by atoms with van der Waals surface area (Å²) >= 11 is 0. The normalized spacial score (nSPS) is 35.6. The van der Waals surface area contributed by atoms with Gasteiger partial charge in [-0.25, -0.2) is 0 Å². The van der Waals surface area contributed by atoms with E-state index < -0.39 is 0 Å². The molecule has 3 aliphatic heterocycles. The van der Waals surface area contributed by atoms with Crippen LogP contribution in [0, 0.1) is 0 Å². The minimum absolute atomic E-state index is 0.102. The van der Waals surface area contributed by atoms with Crippen molar-refractivity contribution < 1.29 is 14.3 Å². The molecule has 3 fully saturated rings. The number of nitrogens with zero attached hydrogens (tertiary/aromatic N) is 2. The van der Waals surface area contributed by atoms with E-state index in [1.54, 1.807) is 0 Å². The molecule has 0 aromatic rings. The molecule has 0 aromatic carbocycles. The van der Waals surface area contributed by atoms with Crippen LogP contribution in [0.3, 0.4) is 0 Å². The van der Waals surface area contributed by atoms with E-state index in [0.29, 0.717) is 6.04 Å². The fourth-order valence-corrected chi connectivity index (χ4v) is 3.38. The summed E-state index contributed by atoms with van der Waals surface area (Å²) in [4.78, 5) is 15.8. The van der Waals surface area contributed by atoms with Crippen molar-refractivity contribution in [3.63, 3.8) is 0 Å². The quantitative estimate of drug-likeness (QED) is 0.665. The van der Waals surface area contributed by atoms with Crippen LogP contribution in [-0.4, -0.2) is 73.9 Å². The van der Waals surface area contributed by atoms with Gasteiger partial charge in [0.25, 0.3) is 0 Å². The highest BCUT2D eigenvalue weighted by molar-refractivity contribution is 5.78. The van der Waals surface area contributed by atoms with Crippen molar-refractivity contribution in [2.45, 2.75) is 30.9 Å². The molecule has 0 aromatic heterocycles. The lowest BCUT2D eigenvalue weighted by atomic mass is 10.0. The Morgan fingerprint density at radius 1 is 1.28 bits per heavy atom. The maximum absolute atomic E-state index is 11.5. The SMILES string of the molecule is CN1CC2(CCN(C3CCOCC3)C2)OCC1=O. The van der Waals surface area contributed by atoms with Crippen LogP contribution >= 0.6 is 0 Å². The van der Waals surface area contributed by atoms with Crippen molar-refractivity contribution in [2.24, 2.45) is 0 Å². The zero-order chi connectivity index (χ0) is 12.6. The third-order valence-corrected chi connectivity index (χ3v) is 4.51. The van der Waals surface area contributed by atoms with Gasteiger partial charge in [-0.15, -0.1) is 0 Å². The minimum Gasteiger partial charge on any atom is -0.381 e. The summed E-state index contributed by atoms with van der Waals surface area (Å²) < 4.78 is 11.3. The monoisotopic (exact) mass is 254 g/mol. The predicted molar refractivity (Wildman–Crippen MR) is 66.4 cm³/mol. The Labute approximate surface area is 108 Å². The van der Waals surface area contributed by atoms with E-state index in [9.17, 15) is 4.79 Å². The Kier molecular flexibility index (Phi) is 3.30. The molecule has 3 rings (SSSR count). The van der Waals surface area contributed by atoms with Crippen LogP contribution in [0.1, 0.15) is 19.3 Å². The molecule has 1 atom stereocenters. The predicted octanol–water partition coefficient (Wildman–Crippen LogP) is 0.0985. The van der Waals surface area contributed by atoms with Gasteiger partial charge in [0.05, 0.1) is 6.54 Å². The molecule has 3 aliphatic rings. The smallest absolute Gasteiger partial charge is 0.248 e. The van der Waals surface area contributed by atoms with Gasteiger partial charge in [0.1, 0.15) is 12.2 Å². The van der Waals surface area contributed by atoms with Crippen molar-refractivity contribution in [3.05, 3.63) is 0 Å². The highest BCUT2D eigenvalue weighted by Crippen LogP contribution is 2.32.